The van der Waals surface area contributed by atoms with Crippen molar-refractivity contribution in [2.75, 3.05) is 0 Å². The van der Waals surface area contributed by atoms with Crippen molar-refractivity contribution in [1.82, 2.24) is 10.6 Å². The van der Waals surface area contributed by atoms with E-state index in [0.717, 1.165) is 5.56 Å². The molecule has 4 N–H and O–H groups in total. The van der Waals surface area contributed by atoms with Gasteiger partial charge in [-0.15, -0.1) is 0 Å². The summed E-state index contributed by atoms with van der Waals surface area (Å²) in [5.74, 6) is -2.05. The van der Waals surface area contributed by atoms with Crippen LogP contribution in [0.1, 0.15) is 29.8 Å². The monoisotopic (exact) mass is 294 g/mol. The van der Waals surface area contributed by atoms with Crippen LogP contribution in [0.25, 0.3) is 0 Å². The second-order valence-corrected chi connectivity index (χ2v) is 4.64. The molecular weight excluding hydrogens is 276 g/mol. The molecule has 0 aromatic heterocycles. The molecule has 2 unspecified atom stereocenters. The minimum atomic E-state index is -1.36. The van der Waals surface area contributed by atoms with Crippen LogP contribution >= 0.6 is 0 Å². The topological polar surface area (TPSA) is 116 Å². The second-order valence-electron chi connectivity index (χ2n) is 4.64. The van der Waals surface area contributed by atoms with E-state index >= 15 is 0 Å². The Labute approximate surface area is 122 Å². The second kappa shape index (κ2) is 7.39. The quantitative estimate of drug-likeness (QED) is 0.584. The van der Waals surface area contributed by atoms with Gasteiger partial charge in [0.15, 0.2) is 6.04 Å². The highest BCUT2D eigenvalue weighted by Crippen LogP contribution is 2.05. The highest BCUT2D eigenvalue weighted by molar-refractivity contribution is 5.96. The Morgan fingerprint density at radius 2 is 1.76 bits per heavy atom. The largest absolute Gasteiger partial charge is 0.480 e. The van der Waals surface area contributed by atoms with Crippen LogP contribution in [0, 0.1) is 0 Å². The molecule has 0 aliphatic rings. The zero-order chi connectivity index (χ0) is 16.0. The number of nitrogens with one attached hydrogen (secondary N) is 2. The van der Waals surface area contributed by atoms with Crippen LogP contribution in [0.5, 0.6) is 0 Å². The zero-order valence-corrected chi connectivity index (χ0v) is 11.8. The van der Waals surface area contributed by atoms with Crippen molar-refractivity contribution in [2.45, 2.75) is 32.5 Å². The van der Waals surface area contributed by atoms with Gasteiger partial charge in [-0.25, -0.2) is 4.79 Å². The van der Waals surface area contributed by atoms with Gasteiger partial charge >= 0.3 is 5.97 Å². The van der Waals surface area contributed by atoms with Crippen molar-refractivity contribution in [3.8, 4) is 0 Å². The molecule has 1 aromatic rings. The molecule has 0 aliphatic heterocycles. The molecule has 2 atom stereocenters. The molecule has 7 nitrogen and oxygen atoms in total. The summed E-state index contributed by atoms with van der Waals surface area (Å²) >= 11 is 0. The molecule has 0 radical (unpaired) electrons. The Bertz CT molecular complexity index is 525. The fourth-order valence-electron chi connectivity index (χ4n) is 1.61. The predicted molar refractivity (Wildman–Crippen MR) is 74.5 cm³/mol. The van der Waals surface area contributed by atoms with Crippen LogP contribution in [0.15, 0.2) is 24.3 Å². The maximum absolute atomic E-state index is 11.9. The Kier molecular flexibility index (Phi) is 5.86. The van der Waals surface area contributed by atoms with Gasteiger partial charge in [0.05, 0.1) is 6.10 Å². The van der Waals surface area contributed by atoms with Gasteiger partial charge in [-0.1, -0.05) is 12.1 Å². The lowest BCUT2D eigenvalue weighted by Crippen LogP contribution is -2.47. The zero-order valence-electron chi connectivity index (χ0n) is 11.8. The number of aliphatic hydroxyl groups is 1. The van der Waals surface area contributed by atoms with Crippen LogP contribution < -0.4 is 10.6 Å². The molecule has 0 heterocycles. The lowest BCUT2D eigenvalue weighted by molar-refractivity contribution is -0.141. The SMILES string of the molecule is CC(=O)NCc1ccc(C(=O)NC(C(=O)O)C(C)O)cc1. The van der Waals surface area contributed by atoms with E-state index in [2.05, 4.69) is 10.6 Å². The number of carbonyl (C=O) groups is 3. The first-order chi connectivity index (χ1) is 9.81. The van der Waals surface area contributed by atoms with Crippen molar-refractivity contribution >= 4 is 17.8 Å². The summed E-state index contributed by atoms with van der Waals surface area (Å²) < 4.78 is 0. The van der Waals surface area contributed by atoms with Crippen molar-refractivity contribution in [2.24, 2.45) is 0 Å². The van der Waals surface area contributed by atoms with Gasteiger partial charge in [0.1, 0.15) is 0 Å². The van der Waals surface area contributed by atoms with Gasteiger partial charge in [-0.05, 0) is 24.6 Å². The van der Waals surface area contributed by atoms with E-state index in [1.165, 1.54) is 26.0 Å². The normalized spacial score (nSPS) is 13.1. The van der Waals surface area contributed by atoms with E-state index in [9.17, 15) is 19.5 Å². The van der Waals surface area contributed by atoms with Crippen LogP contribution in [0.4, 0.5) is 0 Å². The highest BCUT2D eigenvalue weighted by Gasteiger charge is 2.25. The summed E-state index contributed by atoms with van der Waals surface area (Å²) in [5.41, 5.74) is 1.08. The van der Waals surface area contributed by atoms with E-state index < -0.39 is 24.0 Å². The summed E-state index contributed by atoms with van der Waals surface area (Å²) in [6.07, 6.45) is -1.20. The Morgan fingerprint density at radius 1 is 1.19 bits per heavy atom. The average Bonchev–Trinajstić information content (AvgIpc) is 2.42. The molecule has 0 aliphatic carbocycles. The summed E-state index contributed by atoms with van der Waals surface area (Å²) in [5, 5.41) is 23.1. The summed E-state index contributed by atoms with van der Waals surface area (Å²) in [4.78, 5) is 33.6. The molecule has 0 saturated heterocycles. The van der Waals surface area contributed by atoms with E-state index in [1.54, 1.807) is 12.1 Å². The third kappa shape index (κ3) is 5.23. The van der Waals surface area contributed by atoms with Crippen molar-refractivity contribution in [3.63, 3.8) is 0 Å². The lowest BCUT2D eigenvalue weighted by atomic mass is 10.1. The van der Waals surface area contributed by atoms with Gasteiger partial charge in [0, 0.05) is 19.0 Å². The number of aliphatic hydroxyl groups excluding tert-OH is 1. The summed E-state index contributed by atoms with van der Waals surface area (Å²) in [7, 11) is 0. The number of carboxylic acid groups (broad SMARTS) is 1. The molecule has 21 heavy (non-hydrogen) atoms. The number of hydrogen-bond donors (Lipinski definition) is 4. The number of amides is 2. The lowest BCUT2D eigenvalue weighted by Gasteiger charge is -2.17. The number of carboxylic acids is 1. The Morgan fingerprint density at radius 3 is 2.19 bits per heavy atom. The molecule has 0 saturated carbocycles. The maximum atomic E-state index is 11.9. The van der Waals surface area contributed by atoms with E-state index in [1.807, 2.05) is 0 Å². The van der Waals surface area contributed by atoms with Gasteiger partial charge in [-0.3, -0.25) is 9.59 Å². The van der Waals surface area contributed by atoms with Crippen molar-refractivity contribution < 1.29 is 24.6 Å². The first-order valence-corrected chi connectivity index (χ1v) is 6.36. The smallest absolute Gasteiger partial charge is 0.328 e. The molecule has 0 bridgehead atoms. The molecule has 0 fully saturated rings. The molecule has 2 amide bonds. The first-order valence-electron chi connectivity index (χ1n) is 6.36. The van der Waals surface area contributed by atoms with Gasteiger partial charge < -0.3 is 20.8 Å². The van der Waals surface area contributed by atoms with E-state index in [-0.39, 0.29) is 11.5 Å². The molecule has 7 heteroatoms. The first kappa shape index (κ1) is 16.6. The van der Waals surface area contributed by atoms with E-state index in [4.69, 9.17) is 5.11 Å². The number of hydrogen-bond acceptors (Lipinski definition) is 4. The van der Waals surface area contributed by atoms with Gasteiger partial charge in [-0.2, -0.15) is 0 Å². The van der Waals surface area contributed by atoms with Crippen LogP contribution in [-0.2, 0) is 16.1 Å². The molecule has 1 rings (SSSR count). The Hall–Kier alpha value is -2.41. The van der Waals surface area contributed by atoms with E-state index in [0.29, 0.717) is 6.54 Å². The van der Waals surface area contributed by atoms with Crippen LogP contribution in [-0.4, -0.2) is 40.1 Å². The van der Waals surface area contributed by atoms with Gasteiger partial charge in [0.25, 0.3) is 5.91 Å². The highest BCUT2D eigenvalue weighted by atomic mass is 16.4. The van der Waals surface area contributed by atoms with Gasteiger partial charge in [0.2, 0.25) is 5.91 Å². The average molecular weight is 294 g/mol. The maximum Gasteiger partial charge on any atom is 0.328 e. The molecule has 1 aromatic carbocycles. The number of carbonyl (C=O) groups excluding carboxylic acids is 2. The third-order valence-corrected chi connectivity index (χ3v) is 2.79. The fourth-order valence-corrected chi connectivity index (χ4v) is 1.61. The van der Waals surface area contributed by atoms with Crippen LogP contribution in [0.2, 0.25) is 0 Å². The van der Waals surface area contributed by atoms with Crippen molar-refractivity contribution in [3.05, 3.63) is 35.4 Å². The standard InChI is InChI=1S/C14H18N2O5/c1-8(17)12(14(20)21)16-13(19)11-5-3-10(4-6-11)7-15-9(2)18/h3-6,8,12,17H,7H2,1-2H3,(H,15,18)(H,16,19)(H,20,21). The minimum absolute atomic E-state index is 0.155. The predicted octanol–water partition coefficient (Wildman–Crippen LogP) is -0.113. The fraction of sp³-hybridized carbons (Fsp3) is 0.357. The minimum Gasteiger partial charge on any atom is -0.480 e. The number of rotatable bonds is 6. The molecule has 114 valence electrons. The Balaban J connectivity index is 2.70. The number of aliphatic carboxylic acids is 1. The molecular formula is C14H18N2O5. The van der Waals surface area contributed by atoms with Crippen molar-refractivity contribution in [1.29, 1.82) is 0 Å². The third-order valence-electron chi connectivity index (χ3n) is 2.79. The summed E-state index contributed by atoms with van der Waals surface area (Å²) in [6.45, 7) is 3.04. The summed E-state index contributed by atoms with van der Waals surface area (Å²) in [6, 6.07) is 4.99. The number of benzene rings is 1. The van der Waals surface area contributed by atoms with Crippen LogP contribution in [0.3, 0.4) is 0 Å². The molecule has 0 spiro atoms.